The van der Waals surface area contributed by atoms with Crippen LogP contribution in [-0.4, -0.2) is 42.5 Å². The first-order valence-corrected chi connectivity index (χ1v) is 10.4. The number of aromatic nitrogens is 1. The zero-order valence-electron chi connectivity index (χ0n) is 17.2. The van der Waals surface area contributed by atoms with Crippen LogP contribution in [0.3, 0.4) is 0 Å². The summed E-state index contributed by atoms with van der Waals surface area (Å²) in [6, 6.07) is 22.2. The molecular weight excluding hydrogens is 376 g/mol. The van der Waals surface area contributed by atoms with Gasteiger partial charge in [-0.3, -0.25) is 0 Å². The monoisotopic (exact) mass is 404 g/mol. The van der Waals surface area contributed by atoms with E-state index in [4.69, 9.17) is 9.47 Å². The number of aliphatic hydroxyl groups excluding tert-OH is 1. The molecule has 0 fully saturated rings. The summed E-state index contributed by atoms with van der Waals surface area (Å²) in [5.74, 6) is 1.69. The molecule has 1 unspecified atom stereocenters. The number of para-hydroxylation sites is 2. The molecule has 0 radical (unpaired) electrons. The Balaban J connectivity index is 1.18. The van der Waals surface area contributed by atoms with E-state index < -0.39 is 6.10 Å². The van der Waals surface area contributed by atoms with Crippen molar-refractivity contribution in [1.29, 1.82) is 0 Å². The summed E-state index contributed by atoms with van der Waals surface area (Å²) < 4.78 is 11.6. The van der Waals surface area contributed by atoms with Gasteiger partial charge >= 0.3 is 0 Å². The van der Waals surface area contributed by atoms with Gasteiger partial charge in [0.2, 0.25) is 0 Å². The third-order valence-electron chi connectivity index (χ3n) is 5.20. The van der Waals surface area contributed by atoms with Gasteiger partial charge in [-0.05, 0) is 55.8 Å². The van der Waals surface area contributed by atoms with Crippen molar-refractivity contribution in [2.24, 2.45) is 0 Å². The van der Waals surface area contributed by atoms with E-state index in [1.165, 1.54) is 5.39 Å². The van der Waals surface area contributed by atoms with Crippen molar-refractivity contribution < 1.29 is 14.6 Å². The number of rotatable bonds is 10. The molecule has 4 aromatic rings. The molecule has 0 saturated carbocycles. The summed E-state index contributed by atoms with van der Waals surface area (Å²) in [7, 11) is 0. The Morgan fingerprint density at radius 3 is 2.60 bits per heavy atom. The predicted octanol–water partition coefficient (Wildman–Crippen LogP) is 4.43. The number of aliphatic hydroxyl groups is 1. The van der Waals surface area contributed by atoms with Crippen molar-refractivity contribution in [3.8, 4) is 11.5 Å². The van der Waals surface area contributed by atoms with Crippen molar-refractivity contribution >= 4 is 21.8 Å². The van der Waals surface area contributed by atoms with Crippen molar-refractivity contribution in [1.82, 2.24) is 10.3 Å². The van der Waals surface area contributed by atoms with Crippen LogP contribution in [0.25, 0.3) is 21.8 Å². The zero-order chi connectivity index (χ0) is 20.8. The van der Waals surface area contributed by atoms with Crippen LogP contribution in [0, 0.1) is 6.92 Å². The first-order chi connectivity index (χ1) is 14.7. The van der Waals surface area contributed by atoms with Gasteiger partial charge in [0.25, 0.3) is 0 Å². The normalized spacial score (nSPS) is 12.3. The van der Waals surface area contributed by atoms with Gasteiger partial charge < -0.3 is 24.9 Å². The Morgan fingerprint density at radius 2 is 1.70 bits per heavy atom. The van der Waals surface area contributed by atoms with E-state index >= 15 is 0 Å². The largest absolute Gasteiger partial charge is 0.492 e. The molecule has 1 aromatic heterocycles. The first-order valence-electron chi connectivity index (χ1n) is 10.4. The molecule has 0 bridgehead atoms. The van der Waals surface area contributed by atoms with E-state index in [2.05, 4.69) is 22.4 Å². The average molecular weight is 405 g/mol. The summed E-state index contributed by atoms with van der Waals surface area (Å²) in [6.07, 6.45) is 0.105. The van der Waals surface area contributed by atoms with Crippen LogP contribution < -0.4 is 14.8 Å². The van der Waals surface area contributed by atoms with E-state index in [-0.39, 0.29) is 6.61 Å². The van der Waals surface area contributed by atoms with Crippen LogP contribution >= 0.6 is 0 Å². The number of H-pyrrole nitrogens is 1. The third-order valence-corrected chi connectivity index (χ3v) is 5.20. The quantitative estimate of drug-likeness (QED) is 0.342. The Kier molecular flexibility index (Phi) is 6.52. The molecule has 0 spiro atoms. The summed E-state index contributed by atoms with van der Waals surface area (Å²) in [4.78, 5) is 3.40. The van der Waals surface area contributed by atoms with Gasteiger partial charge in [-0.1, -0.05) is 36.4 Å². The average Bonchev–Trinajstić information content (AvgIpc) is 3.14. The number of hydrogen-bond acceptors (Lipinski definition) is 4. The molecule has 156 valence electrons. The van der Waals surface area contributed by atoms with Crippen LogP contribution in [-0.2, 0) is 0 Å². The van der Waals surface area contributed by atoms with Gasteiger partial charge in [0.15, 0.2) is 0 Å². The molecule has 0 amide bonds. The lowest BCUT2D eigenvalue weighted by atomic mass is 10.1. The van der Waals surface area contributed by atoms with E-state index in [1.54, 1.807) is 0 Å². The van der Waals surface area contributed by atoms with E-state index in [0.29, 0.717) is 19.6 Å². The number of ether oxygens (including phenoxy) is 2. The maximum atomic E-state index is 10.2. The molecular formula is C25H28N2O3. The van der Waals surface area contributed by atoms with E-state index in [1.807, 2.05) is 61.5 Å². The zero-order valence-corrected chi connectivity index (χ0v) is 17.2. The number of benzene rings is 3. The van der Waals surface area contributed by atoms with Gasteiger partial charge in [0, 0.05) is 28.4 Å². The SMILES string of the molecule is Cc1ccccc1OCCNCCC(O)COc1ccc2[nH]c3ccccc3c2c1. The Hall–Kier alpha value is -3.02. The van der Waals surface area contributed by atoms with Crippen molar-refractivity contribution in [3.63, 3.8) is 0 Å². The molecule has 0 aliphatic heterocycles. The van der Waals surface area contributed by atoms with Crippen LogP contribution in [0.15, 0.2) is 66.7 Å². The van der Waals surface area contributed by atoms with Gasteiger partial charge in [0.1, 0.15) is 24.7 Å². The Morgan fingerprint density at radius 1 is 0.900 bits per heavy atom. The third kappa shape index (κ3) is 4.93. The van der Waals surface area contributed by atoms with E-state index in [0.717, 1.165) is 40.0 Å². The lowest BCUT2D eigenvalue weighted by molar-refractivity contribution is 0.0997. The number of aromatic amines is 1. The molecule has 5 heteroatoms. The number of aryl methyl sites for hydroxylation is 1. The van der Waals surface area contributed by atoms with Crippen LogP contribution in [0.5, 0.6) is 11.5 Å². The molecule has 0 saturated heterocycles. The van der Waals surface area contributed by atoms with Crippen LogP contribution in [0.1, 0.15) is 12.0 Å². The highest BCUT2D eigenvalue weighted by atomic mass is 16.5. The number of hydrogen-bond donors (Lipinski definition) is 3. The minimum Gasteiger partial charge on any atom is -0.492 e. The fraction of sp³-hybridized carbons (Fsp3) is 0.280. The first kappa shape index (κ1) is 20.3. The summed E-state index contributed by atoms with van der Waals surface area (Å²) in [5, 5.41) is 15.8. The van der Waals surface area contributed by atoms with Gasteiger partial charge in [-0.25, -0.2) is 0 Å². The summed E-state index contributed by atoms with van der Waals surface area (Å²) in [6.45, 7) is 4.36. The molecule has 30 heavy (non-hydrogen) atoms. The summed E-state index contributed by atoms with van der Waals surface area (Å²) >= 11 is 0. The van der Waals surface area contributed by atoms with Crippen LogP contribution in [0.4, 0.5) is 0 Å². The van der Waals surface area contributed by atoms with E-state index in [9.17, 15) is 5.11 Å². The number of fused-ring (bicyclic) bond motifs is 3. The second-order valence-electron chi connectivity index (χ2n) is 7.50. The molecule has 3 N–H and O–H groups in total. The minimum absolute atomic E-state index is 0.273. The maximum absolute atomic E-state index is 10.2. The molecule has 5 nitrogen and oxygen atoms in total. The van der Waals surface area contributed by atoms with Gasteiger partial charge in [-0.2, -0.15) is 0 Å². The molecule has 0 aliphatic rings. The fourth-order valence-corrected chi connectivity index (χ4v) is 3.54. The maximum Gasteiger partial charge on any atom is 0.122 e. The Labute approximate surface area is 176 Å². The Bertz CT molecular complexity index is 1110. The highest BCUT2D eigenvalue weighted by molar-refractivity contribution is 6.07. The van der Waals surface area contributed by atoms with Crippen molar-refractivity contribution in [3.05, 3.63) is 72.3 Å². The van der Waals surface area contributed by atoms with Crippen LogP contribution in [0.2, 0.25) is 0 Å². The molecule has 1 atom stereocenters. The lowest BCUT2D eigenvalue weighted by Gasteiger charge is -2.13. The minimum atomic E-state index is -0.520. The fourth-order valence-electron chi connectivity index (χ4n) is 3.54. The molecule has 4 rings (SSSR count). The summed E-state index contributed by atoms with van der Waals surface area (Å²) in [5.41, 5.74) is 3.33. The highest BCUT2D eigenvalue weighted by Crippen LogP contribution is 2.28. The predicted molar refractivity (Wildman–Crippen MR) is 121 cm³/mol. The topological polar surface area (TPSA) is 66.5 Å². The molecule has 1 heterocycles. The smallest absolute Gasteiger partial charge is 0.122 e. The second kappa shape index (κ2) is 9.65. The second-order valence-corrected chi connectivity index (χ2v) is 7.50. The number of nitrogens with one attached hydrogen (secondary N) is 2. The molecule has 0 aliphatic carbocycles. The molecule has 3 aromatic carbocycles. The highest BCUT2D eigenvalue weighted by Gasteiger charge is 2.08. The standard InChI is InChI=1S/C25H28N2O3/c1-18-6-2-5-9-25(18)29-15-14-26-13-12-19(28)17-30-20-10-11-24-22(16-20)21-7-3-4-8-23(21)27-24/h2-11,16,19,26-28H,12-15,17H2,1H3. The van der Waals surface area contributed by atoms with Gasteiger partial charge in [-0.15, -0.1) is 0 Å². The van der Waals surface area contributed by atoms with Crippen molar-refractivity contribution in [2.45, 2.75) is 19.4 Å². The van der Waals surface area contributed by atoms with Gasteiger partial charge in [0.05, 0.1) is 6.10 Å². The lowest BCUT2D eigenvalue weighted by Crippen LogP contribution is -2.27. The van der Waals surface area contributed by atoms with Crippen molar-refractivity contribution in [2.75, 3.05) is 26.3 Å².